The van der Waals surface area contributed by atoms with Gasteiger partial charge in [0, 0.05) is 29.7 Å². The fourth-order valence-electron chi connectivity index (χ4n) is 2.54. The number of anilines is 1. The molecule has 0 saturated heterocycles. The van der Waals surface area contributed by atoms with E-state index in [1.165, 1.54) is 16.8 Å². The lowest BCUT2D eigenvalue weighted by Gasteiger charge is -2.10. The van der Waals surface area contributed by atoms with Gasteiger partial charge in [0.25, 0.3) is 0 Å². The Kier molecular flexibility index (Phi) is 4.02. The third kappa shape index (κ3) is 2.76. The molecular weight excluding hydrogens is 357 g/mol. The van der Waals surface area contributed by atoms with Gasteiger partial charge in [-0.2, -0.15) is 4.68 Å². The number of halogens is 2. The van der Waals surface area contributed by atoms with Gasteiger partial charge in [-0.3, -0.25) is 4.98 Å². The molecular formula is C17H11ClFN7. The second-order valence-corrected chi connectivity index (χ2v) is 5.79. The van der Waals surface area contributed by atoms with Gasteiger partial charge in [0.05, 0.1) is 10.6 Å². The first-order valence-electron chi connectivity index (χ1n) is 7.54. The number of para-hydroxylation sites is 1. The van der Waals surface area contributed by atoms with E-state index in [-0.39, 0.29) is 22.4 Å². The van der Waals surface area contributed by atoms with E-state index in [0.717, 1.165) is 11.1 Å². The van der Waals surface area contributed by atoms with E-state index in [9.17, 15) is 4.39 Å². The van der Waals surface area contributed by atoms with E-state index in [4.69, 9.17) is 17.3 Å². The van der Waals surface area contributed by atoms with Crippen LogP contribution in [0.4, 0.5) is 10.2 Å². The van der Waals surface area contributed by atoms with Crippen molar-refractivity contribution in [2.24, 2.45) is 0 Å². The number of hydrogen-bond acceptors (Lipinski definition) is 6. The molecule has 0 fully saturated rings. The van der Waals surface area contributed by atoms with Gasteiger partial charge >= 0.3 is 0 Å². The van der Waals surface area contributed by atoms with Crippen LogP contribution in [0.2, 0.25) is 5.02 Å². The number of aromatic nitrogens is 6. The highest BCUT2D eigenvalue weighted by atomic mass is 35.5. The van der Waals surface area contributed by atoms with E-state index in [0.29, 0.717) is 5.56 Å². The Labute approximate surface area is 152 Å². The summed E-state index contributed by atoms with van der Waals surface area (Å²) in [6, 6.07) is 9.81. The molecule has 3 aromatic heterocycles. The third-order valence-electron chi connectivity index (χ3n) is 3.77. The van der Waals surface area contributed by atoms with Gasteiger partial charge < -0.3 is 5.73 Å². The van der Waals surface area contributed by atoms with E-state index < -0.39 is 5.82 Å². The van der Waals surface area contributed by atoms with E-state index in [2.05, 4.69) is 25.5 Å². The van der Waals surface area contributed by atoms with Crippen LogP contribution in [0.25, 0.3) is 28.2 Å². The molecule has 0 spiro atoms. The molecule has 0 aliphatic carbocycles. The van der Waals surface area contributed by atoms with Gasteiger partial charge in [0.2, 0.25) is 0 Å². The van der Waals surface area contributed by atoms with Crippen molar-refractivity contribution >= 4 is 17.4 Å². The summed E-state index contributed by atoms with van der Waals surface area (Å²) in [5.74, 6) is -0.116. The summed E-state index contributed by atoms with van der Waals surface area (Å²) in [5.41, 5.74) is 8.14. The molecule has 0 saturated carbocycles. The van der Waals surface area contributed by atoms with Gasteiger partial charge in [-0.15, -0.1) is 5.10 Å². The molecule has 0 unspecified atom stereocenters. The van der Waals surface area contributed by atoms with E-state index >= 15 is 0 Å². The number of nitrogen functional groups attached to an aromatic ring is 1. The number of pyridine rings is 2. The average molecular weight is 368 g/mol. The lowest BCUT2D eigenvalue weighted by atomic mass is 10.1. The lowest BCUT2D eigenvalue weighted by molar-refractivity contribution is 0.608. The van der Waals surface area contributed by atoms with Crippen LogP contribution in [0.5, 0.6) is 0 Å². The van der Waals surface area contributed by atoms with E-state index in [1.807, 2.05) is 12.1 Å². The normalized spacial score (nSPS) is 10.8. The van der Waals surface area contributed by atoms with Gasteiger partial charge in [0.15, 0.2) is 11.6 Å². The van der Waals surface area contributed by atoms with Crippen molar-refractivity contribution in [3.8, 4) is 28.2 Å². The molecule has 0 aliphatic heterocycles. The number of nitrogens with two attached hydrogens (primary N) is 1. The molecule has 2 N–H and O–H groups in total. The van der Waals surface area contributed by atoms with Crippen LogP contribution in [0.15, 0.2) is 55.0 Å². The molecule has 0 bridgehead atoms. The topological polar surface area (TPSA) is 95.4 Å². The number of rotatable bonds is 3. The van der Waals surface area contributed by atoms with Crippen LogP contribution in [-0.2, 0) is 0 Å². The number of hydrogen-bond donors (Lipinski definition) is 1. The van der Waals surface area contributed by atoms with Crippen molar-refractivity contribution in [1.29, 1.82) is 0 Å². The Morgan fingerprint density at radius 3 is 2.73 bits per heavy atom. The van der Waals surface area contributed by atoms with Crippen molar-refractivity contribution in [2.75, 3.05) is 5.73 Å². The zero-order valence-electron chi connectivity index (χ0n) is 13.2. The molecule has 0 amide bonds. The number of benzene rings is 1. The third-order valence-corrected chi connectivity index (χ3v) is 4.08. The maximum atomic E-state index is 14.3. The summed E-state index contributed by atoms with van der Waals surface area (Å²) in [4.78, 5) is 8.30. The number of tetrazole rings is 1. The van der Waals surface area contributed by atoms with Crippen molar-refractivity contribution in [3.63, 3.8) is 0 Å². The van der Waals surface area contributed by atoms with Gasteiger partial charge in [-0.05, 0) is 34.7 Å². The van der Waals surface area contributed by atoms with Gasteiger partial charge in [-0.25, -0.2) is 9.37 Å². The first kappa shape index (κ1) is 16.1. The quantitative estimate of drug-likeness (QED) is 0.597. The lowest BCUT2D eigenvalue weighted by Crippen LogP contribution is -2.05. The zero-order valence-corrected chi connectivity index (χ0v) is 14.0. The van der Waals surface area contributed by atoms with Crippen LogP contribution in [0.3, 0.4) is 0 Å². The Balaban J connectivity index is 1.89. The maximum Gasteiger partial charge on any atom is 0.191 e. The van der Waals surface area contributed by atoms with Crippen LogP contribution >= 0.6 is 11.6 Å². The summed E-state index contributed by atoms with van der Waals surface area (Å²) in [6.45, 7) is 0. The summed E-state index contributed by atoms with van der Waals surface area (Å²) in [6.07, 6.45) is 5.00. The molecule has 0 aliphatic rings. The predicted molar refractivity (Wildman–Crippen MR) is 95.0 cm³/mol. The van der Waals surface area contributed by atoms with E-state index in [1.54, 1.807) is 30.7 Å². The SMILES string of the molecule is Nc1ncc(-c2cccnc2)cc1-c1nnnn1-c1c(F)cccc1Cl. The molecule has 3 heterocycles. The molecule has 4 rings (SSSR count). The average Bonchev–Trinajstić information content (AvgIpc) is 3.12. The molecule has 7 nitrogen and oxygen atoms in total. The summed E-state index contributed by atoms with van der Waals surface area (Å²) < 4.78 is 15.5. The molecule has 0 radical (unpaired) electrons. The Morgan fingerprint density at radius 2 is 1.96 bits per heavy atom. The first-order valence-corrected chi connectivity index (χ1v) is 7.92. The summed E-state index contributed by atoms with van der Waals surface area (Å²) >= 11 is 6.14. The maximum absolute atomic E-state index is 14.3. The minimum atomic E-state index is -0.555. The highest BCUT2D eigenvalue weighted by molar-refractivity contribution is 6.32. The smallest absolute Gasteiger partial charge is 0.191 e. The van der Waals surface area contributed by atoms with Gasteiger partial charge in [0.1, 0.15) is 11.5 Å². The standard InChI is InChI=1S/C17H11ClFN7/c18-13-4-1-5-14(19)15(13)26-17(23-24-25-26)12-7-11(9-22-16(12)20)10-3-2-6-21-8-10/h1-9H,(H2,20,22). The fourth-order valence-corrected chi connectivity index (χ4v) is 2.79. The van der Waals surface area contributed by atoms with Crippen molar-refractivity contribution in [3.05, 3.63) is 65.8 Å². The van der Waals surface area contributed by atoms with Crippen molar-refractivity contribution in [2.45, 2.75) is 0 Å². The molecule has 9 heteroatoms. The largest absolute Gasteiger partial charge is 0.383 e. The highest BCUT2D eigenvalue weighted by Crippen LogP contribution is 2.31. The molecule has 0 atom stereocenters. The van der Waals surface area contributed by atoms with Gasteiger partial charge in [-0.1, -0.05) is 23.7 Å². The minimum absolute atomic E-state index is 0.0420. The predicted octanol–water partition coefficient (Wildman–Crippen LogP) is 3.16. The molecule has 1 aromatic carbocycles. The van der Waals surface area contributed by atoms with Crippen LogP contribution in [0.1, 0.15) is 0 Å². The van der Waals surface area contributed by atoms with Crippen LogP contribution in [-0.4, -0.2) is 30.2 Å². The Morgan fingerprint density at radius 1 is 1.08 bits per heavy atom. The second kappa shape index (κ2) is 6.49. The summed E-state index contributed by atoms with van der Waals surface area (Å²) in [7, 11) is 0. The van der Waals surface area contributed by atoms with Crippen LogP contribution in [0, 0.1) is 5.82 Å². The van der Waals surface area contributed by atoms with Crippen molar-refractivity contribution < 1.29 is 4.39 Å². The minimum Gasteiger partial charge on any atom is -0.383 e. The van der Waals surface area contributed by atoms with Crippen molar-refractivity contribution in [1.82, 2.24) is 30.2 Å². The Bertz CT molecular complexity index is 1060. The zero-order chi connectivity index (χ0) is 18.1. The Hall–Kier alpha value is -3.39. The second-order valence-electron chi connectivity index (χ2n) is 5.38. The first-order chi connectivity index (χ1) is 12.6. The molecule has 26 heavy (non-hydrogen) atoms. The highest BCUT2D eigenvalue weighted by Gasteiger charge is 2.19. The summed E-state index contributed by atoms with van der Waals surface area (Å²) in [5, 5.41) is 11.7. The number of nitrogens with zero attached hydrogens (tertiary/aromatic N) is 6. The fraction of sp³-hybridized carbons (Fsp3) is 0. The molecule has 128 valence electrons. The van der Waals surface area contributed by atoms with Crippen LogP contribution < -0.4 is 5.73 Å². The molecule has 4 aromatic rings. The monoisotopic (exact) mass is 367 g/mol.